The summed E-state index contributed by atoms with van der Waals surface area (Å²) < 4.78 is 0. The van der Waals surface area contributed by atoms with Gasteiger partial charge in [-0.2, -0.15) is 0 Å². The van der Waals surface area contributed by atoms with Gasteiger partial charge in [-0.3, -0.25) is 4.79 Å². The topological polar surface area (TPSA) is 49.3 Å². The molecule has 82 valence electrons. The summed E-state index contributed by atoms with van der Waals surface area (Å²) in [5.41, 5.74) is 0.717. The van der Waals surface area contributed by atoms with E-state index in [0.29, 0.717) is 5.69 Å². The number of benzene rings is 1. The first-order valence-corrected chi connectivity index (χ1v) is 6.76. The number of phenolic OH excluding ortho intramolecular Hbond substituents is 1. The van der Waals surface area contributed by atoms with Crippen LogP contribution in [0.25, 0.3) is 0 Å². The van der Waals surface area contributed by atoms with Crippen LogP contribution < -0.4 is 5.32 Å². The molecule has 1 aromatic rings. The molecule has 0 aliphatic carbocycles. The third-order valence-corrected chi connectivity index (χ3v) is 3.30. The molecule has 0 saturated heterocycles. The quantitative estimate of drug-likeness (QED) is 0.633. The zero-order valence-corrected chi connectivity index (χ0v) is 10.5. The molecule has 0 saturated carbocycles. The van der Waals surface area contributed by atoms with Crippen LogP contribution in [-0.2, 0) is 4.79 Å². The average molecular weight is 243 g/mol. The fraction of sp³-hybridized carbons (Fsp3) is 0.300. The number of nitrogens with one attached hydrogen (secondary N) is 1. The average Bonchev–Trinajstić information content (AvgIpc) is 2.19. The highest BCUT2D eigenvalue weighted by Crippen LogP contribution is 2.38. The lowest BCUT2D eigenvalue weighted by molar-refractivity contribution is -0.114. The summed E-state index contributed by atoms with van der Waals surface area (Å²) in [4.78, 5) is 12.4. The second kappa shape index (κ2) is 5.32. The highest BCUT2D eigenvalue weighted by atomic mass is 32.2. The number of thioether (sulfide) groups is 2. The number of carbonyl (C=O) groups excluding carboxylic acids is 1. The molecule has 3 nitrogen and oxygen atoms in total. The van der Waals surface area contributed by atoms with Gasteiger partial charge in [-0.25, -0.2) is 0 Å². The summed E-state index contributed by atoms with van der Waals surface area (Å²) in [6.45, 7) is 1.46. The summed E-state index contributed by atoms with van der Waals surface area (Å²) in [6, 6.07) is 3.53. The van der Waals surface area contributed by atoms with Crippen molar-refractivity contribution >= 4 is 35.1 Å². The minimum absolute atomic E-state index is 0.111. The van der Waals surface area contributed by atoms with Gasteiger partial charge in [-0.05, 0) is 24.6 Å². The Hall–Kier alpha value is -0.810. The molecule has 0 aromatic heterocycles. The van der Waals surface area contributed by atoms with Gasteiger partial charge in [-0.1, -0.05) is 0 Å². The Morgan fingerprint density at radius 1 is 1.27 bits per heavy atom. The lowest BCUT2D eigenvalue weighted by Crippen LogP contribution is -2.05. The largest absolute Gasteiger partial charge is 0.506 e. The maximum atomic E-state index is 10.9. The van der Waals surface area contributed by atoms with Crippen molar-refractivity contribution in [2.75, 3.05) is 17.8 Å². The molecule has 0 fully saturated rings. The number of rotatable bonds is 3. The highest BCUT2D eigenvalue weighted by molar-refractivity contribution is 7.99. The number of amides is 1. The van der Waals surface area contributed by atoms with Crippen LogP contribution in [0, 0.1) is 0 Å². The summed E-state index contributed by atoms with van der Waals surface area (Å²) in [7, 11) is 0. The summed E-state index contributed by atoms with van der Waals surface area (Å²) in [5.74, 6) is 0.170. The number of anilines is 1. The van der Waals surface area contributed by atoms with E-state index in [9.17, 15) is 9.90 Å². The SMILES string of the molecule is CSc1cc(NC(C)=O)cc(SC)c1O. The molecule has 1 rings (SSSR count). The van der Waals surface area contributed by atoms with E-state index in [-0.39, 0.29) is 11.7 Å². The van der Waals surface area contributed by atoms with Gasteiger partial charge in [0.2, 0.25) is 5.91 Å². The first-order valence-electron chi connectivity index (χ1n) is 4.31. The Kier molecular flexibility index (Phi) is 4.35. The second-order valence-corrected chi connectivity index (χ2v) is 4.61. The van der Waals surface area contributed by atoms with Gasteiger partial charge < -0.3 is 10.4 Å². The van der Waals surface area contributed by atoms with Crippen LogP contribution in [0.1, 0.15) is 6.92 Å². The van der Waals surface area contributed by atoms with E-state index in [1.54, 1.807) is 12.1 Å². The zero-order valence-electron chi connectivity index (χ0n) is 8.83. The Labute approximate surface area is 97.6 Å². The van der Waals surface area contributed by atoms with Crippen molar-refractivity contribution in [3.05, 3.63) is 12.1 Å². The third kappa shape index (κ3) is 3.07. The lowest BCUT2D eigenvalue weighted by atomic mass is 10.3. The normalized spacial score (nSPS) is 10.1. The Bertz CT molecular complexity index is 355. The minimum Gasteiger partial charge on any atom is -0.506 e. The summed E-state index contributed by atoms with van der Waals surface area (Å²) in [6.07, 6.45) is 3.77. The molecule has 0 atom stereocenters. The monoisotopic (exact) mass is 243 g/mol. The molecule has 1 aromatic carbocycles. The van der Waals surface area contributed by atoms with Crippen molar-refractivity contribution in [2.45, 2.75) is 16.7 Å². The van der Waals surface area contributed by atoms with Crippen molar-refractivity contribution in [3.8, 4) is 5.75 Å². The van der Waals surface area contributed by atoms with Crippen LogP contribution in [0.15, 0.2) is 21.9 Å². The maximum absolute atomic E-state index is 10.9. The van der Waals surface area contributed by atoms with E-state index < -0.39 is 0 Å². The summed E-state index contributed by atoms with van der Waals surface area (Å²) >= 11 is 2.90. The van der Waals surface area contributed by atoms with Crippen molar-refractivity contribution in [2.24, 2.45) is 0 Å². The van der Waals surface area contributed by atoms with Crippen molar-refractivity contribution < 1.29 is 9.90 Å². The van der Waals surface area contributed by atoms with Gasteiger partial charge in [0.1, 0.15) is 5.75 Å². The van der Waals surface area contributed by atoms with E-state index in [4.69, 9.17) is 0 Å². The van der Waals surface area contributed by atoms with Gasteiger partial charge in [0.25, 0.3) is 0 Å². The van der Waals surface area contributed by atoms with Gasteiger partial charge in [-0.15, -0.1) is 23.5 Å². The molecular weight excluding hydrogens is 230 g/mol. The van der Waals surface area contributed by atoms with Gasteiger partial charge in [0.05, 0.1) is 9.79 Å². The van der Waals surface area contributed by atoms with Crippen molar-refractivity contribution in [1.82, 2.24) is 0 Å². The molecule has 0 aliphatic rings. The van der Waals surface area contributed by atoms with Gasteiger partial charge >= 0.3 is 0 Å². The smallest absolute Gasteiger partial charge is 0.221 e. The molecule has 5 heteroatoms. The van der Waals surface area contributed by atoms with E-state index in [0.717, 1.165) is 9.79 Å². The van der Waals surface area contributed by atoms with E-state index >= 15 is 0 Å². The lowest BCUT2D eigenvalue weighted by Gasteiger charge is -2.10. The zero-order chi connectivity index (χ0) is 11.4. The number of carbonyl (C=O) groups is 1. The van der Waals surface area contributed by atoms with E-state index in [1.165, 1.54) is 30.4 Å². The number of hydrogen-bond donors (Lipinski definition) is 2. The van der Waals surface area contributed by atoms with Crippen molar-refractivity contribution in [3.63, 3.8) is 0 Å². The van der Waals surface area contributed by atoms with Crippen LogP contribution in [0.4, 0.5) is 5.69 Å². The van der Waals surface area contributed by atoms with Crippen LogP contribution in [0.5, 0.6) is 5.75 Å². The standard InChI is InChI=1S/C10H13NO2S2/c1-6(12)11-7-4-8(14-2)10(13)9(5-7)15-3/h4-5,13H,1-3H3,(H,11,12). The van der Waals surface area contributed by atoms with Gasteiger partial charge in [0, 0.05) is 12.6 Å². The molecule has 2 N–H and O–H groups in total. The molecule has 0 radical (unpaired) electrons. The first-order chi connectivity index (χ1) is 7.08. The fourth-order valence-electron chi connectivity index (χ4n) is 1.17. The molecule has 0 heterocycles. The third-order valence-electron chi connectivity index (χ3n) is 1.80. The predicted octanol–water partition coefficient (Wildman–Crippen LogP) is 2.79. The van der Waals surface area contributed by atoms with Crippen LogP contribution in [0.3, 0.4) is 0 Å². The number of aromatic hydroxyl groups is 1. The van der Waals surface area contributed by atoms with Crippen LogP contribution in [-0.4, -0.2) is 23.5 Å². The summed E-state index contributed by atoms with van der Waals surface area (Å²) in [5, 5.41) is 12.5. The molecular formula is C10H13NO2S2. The Balaban J connectivity index is 3.14. The van der Waals surface area contributed by atoms with Crippen LogP contribution in [0.2, 0.25) is 0 Å². The van der Waals surface area contributed by atoms with E-state index in [2.05, 4.69) is 5.32 Å². The Morgan fingerprint density at radius 2 is 1.73 bits per heavy atom. The molecule has 0 aliphatic heterocycles. The molecule has 0 spiro atoms. The first kappa shape index (κ1) is 12.3. The molecule has 0 bridgehead atoms. The maximum Gasteiger partial charge on any atom is 0.221 e. The van der Waals surface area contributed by atoms with Crippen molar-refractivity contribution in [1.29, 1.82) is 0 Å². The number of phenols is 1. The molecule has 1 amide bonds. The van der Waals surface area contributed by atoms with E-state index in [1.807, 2.05) is 12.5 Å². The van der Waals surface area contributed by atoms with Crippen LogP contribution >= 0.6 is 23.5 Å². The van der Waals surface area contributed by atoms with Gasteiger partial charge in [0.15, 0.2) is 0 Å². The highest BCUT2D eigenvalue weighted by Gasteiger charge is 2.09. The minimum atomic E-state index is -0.111. The second-order valence-electron chi connectivity index (χ2n) is 2.91. The predicted molar refractivity (Wildman–Crippen MR) is 66.0 cm³/mol. The Morgan fingerprint density at radius 3 is 2.07 bits per heavy atom. The fourth-order valence-corrected chi connectivity index (χ4v) is 2.33. The molecule has 0 unspecified atom stereocenters. The number of hydrogen-bond acceptors (Lipinski definition) is 4. The molecule has 15 heavy (non-hydrogen) atoms.